The summed E-state index contributed by atoms with van der Waals surface area (Å²) < 4.78 is 31.7. The molecule has 0 radical (unpaired) electrons. The minimum Gasteiger partial charge on any atom is -0.481 e. The Morgan fingerprint density at radius 3 is 2.88 bits per heavy atom. The third-order valence-electron chi connectivity index (χ3n) is 4.54. The van der Waals surface area contributed by atoms with Gasteiger partial charge in [0.1, 0.15) is 5.82 Å². The second kappa shape index (κ2) is 6.61. The third kappa shape index (κ3) is 3.12. The number of hydrogen-bond donors (Lipinski definition) is 1. The lowest BCUT2D eigenvalue weighted by atomic mass is 10.0. The smallest absolute Gasteiger partial charge is 0.260 e. The van der Waals surface area contributed by atoms with Crippen LogP contribution in [0.25, 0.3) is 10.9 Å². The van der Waals surface area contributed by atoms with Gasteiger partial charge in [-0.3, -0.25) is 4.79 Å². The van der Waals surface area contributed by atoms with Crippen molar-refractivity contribution in [3.8, 4) is 5.75 Å². The lowest BCUT2D eigenvalue weighted by molar-refractivity contribution is -0.134. The van der Waals surface area contributed by atoms with E-state index in [1.807, 2.05) is 18.2 Å². The van der Waals surface area contributed by atoms with Crippen molar-refractivity contribution in [2.45, 2.75) is 13.0 Å². The van der Waals surface area contributed by atoms with E-state index in [0.29, 0.717) is 24.5 Å². The van der Waals surface area contributed by atoms with E-state index >= 15 is 0 Å². The number of benzene rings is 2. The van der Waals surface area contributed by atoms with E-state index in [9.17, 15) is 13.6 Å². The number of aromatic nitrogens is 1. The Hall–Kier alpha value is -2.60. The SMILES string of the molecule is O=C(COc1ccc(F)cc1F)N1CCc2[nH]c3ccc(Cl)cc3c2C1. The van der Waals surface area contributed by atoms with Crippen LogP contribution in [0.15, 0.2) is 36.4 Å². The van der Waals surface area contributed by atoms with E-state index in [2.05, 4.69) is 4.98 Å². The van der Waals surface area contributed by atoms with Crippen molar-refractivity contribution in [3.05, 3.63) is 64.3 Å². The van der Waals surface area contributed by atoms with Crippen molar-refractivity contribution in [3.63, 3.8) is 0 Å². The molecule has 4 rings (SSSR count). The molecule has 2 aromatic carbocycles. The quantitative estimate of drug-likeness (QED) is 0.749. The Bertz CT molecular complexity index is 1000. The van der Waals surface area contributed by atoms with Crippen molar-refractivity contribution < 1.29 is 18.3 Å². The average molecular weight is 377 g/mol. The van der Waals surface area contributed by atoms with Gasteiger partial charge in [0.15, 0.2) is 18.2 Å². The molecule has 4 nitrogen and oxygen atoms in total. The molecule has 1 aliphatic heterocycles. The van der Waals surface area contributed by atoms with Gasteiger partial charge in [0.05, 0.1) is 0 Å². The summed E-state index contributed by atoms with van der Waals surface area (Å²) in [6, 6.07) is 8.61. The fraction of sp³-hybridized carbons (Fsp3) is 0.211. The van der Waals surface area contributed by atoms with Crippen molar-refractivity contribution in [1.82, 2.24) is 9.88 Å². The Labute approximate surface area is 153 Å². The molecule has 134 valence electrons. The lowest BCUT2D eigenvalue weighted by Gasteiger charge is -2.27. The summed E-state index contributed by atoms with van der Waals surface area (Å²) in [4.78, 5) is 17.5. The molecule has 1 aromatic heterocycles. The molecule has 2 heterocycles. The van der Waals surface area contributed by atoms with Crippen molar-refractivity contribution >= 4 is 28.4 Å². The van der Waals surface area contributed by atoms with Gasteiger partial charge in [-0.05, 0) is 30.3 Å². The summed E-state index contributed by atoms with van der Waals surface area (Å²) in [5, 5.41) is 1.63. The van der Waals surface area contributed by atoms with Gasteiger partial charge in [0, 0.05) is 52.8 Å². The molecule has 26 heavy (non-hydrogen) atoms. The molecule has 0 atom stereocenters. The number of aromatic amines is 1. The number of H-pyrrole nitrogens is 1. The zero-order valence-corrected chi connectivity index (χ0v) is 14.4. The van der Waals surface area contributed by atoms with E-state index in [1.165, 1.54) is 6.07 Å². The predicted molar refractivity (Wildman–Crippen MR) is 94.3 cm³/mol. The molecule has 0 unspecified atom stereocenters. The maximum absolute atomic E-state index is 13.6. The van der Waals surface area contributed by atoms with Crippen LogP contribution in [0.3, 0.4) is 0 Å². The number of carbonyl (C=O) groups excluding carboxylic acids is 1. The molecule has 0 saturated carbocycles. The summed E-state index contributed by atoms with van der Waals surface area (Å²) in [5.74, 6) is -1.92. The Kier molecular flexibility index (Phi) is 4.28. The number of hydrogen-bond acceptors (Lipinski definition) is 2. The average Bonchev–Trinajstić information content (AvgIpc) is 2.98. The molecule has 1 N–H and O–H groups in total. The lowest BCUT2D eigenvalue weighted by Crippen LogP contribution is -2.38. The zero-order chi connectivity index (χ0) is 18.3. The highest BCUT2D eigenvalue weighted by Gasteiger charge is 2.24. The molecule has 0 bridgehead atoms. The maximum atomic E-state index is 13.6. The second-order valence-corrected chi connectivity index (χ2v) is 6.64. The van der Waals surface area contributed by atoms with E-state index in [-0.39, 0.29) is 18.3 Å². The standard InChI is InChI=1S/C19H15ClF2N2O2/c20-11-1-3-16-13(7-11)14-9-24(6-5-17(14)23-16)19(25)10-26-18-4-2-12(21)8-15(18)22/h1-4,7-8,23H,5-6,9-10H2. The molecule has 0 saturated heterocycles. The predicted octanol–water partition coefficient (Wildman–Crippen LogP) is 4.06. The molecule has 0 spiro atoms. The summed E-state index contributed by atoms with van der Waals surface area (Å²) in [7, 11) is 0. The molecule has 1 amide bonds. The Morgan fingerprint density at radius 1 is 1.23 bits per heavy atom. The zero-order valence-electron chi connectivity index (χ0n) is 13.7. The van der Waals surface area contributed by atoms with Crippen LogP contribution < -0.4 is 4.74 Å². The van der Waals surface area contributed by atoms with Gasteiger partial charge in [0.25, 0.3) is 5.91 Å². The van der Waals surface area contributed by atoms with Crippen LogP contribution in [0.4, 0.5) is 8.78 Å². The van der Waals surface area contributed by atoms with Crippen LogP contribution in [-0.4, -0.2) is 28.9 Å². The molecule has 3 aromatic rings. The fourth-order valence-electron chi connectivity index (χ4n) is 3.22. The van der Waals surface area contributed by atoms with E-state index in [4.69, 9.17) is 16.3 Å². The molecular formula is C19H15ClF2N2O2. The van der Waals surface area contributed by atoms with Gasteiger partial charge < -0.3 is 14.6 Å². The van der Waals surface area contributed by atoms with E-state index in [0.717, 1.165) is 34.3 Å². The van der Waals surface area contributed by atoms with Crippen molar-refractivity contribution in [1.29, 1.82) is 0 Å². The van der Waals surface area contributed by atoms with Gasteiger partial charge in [0.2, 0.25) is 0 Å². The van der Waals surface area contributed by atoms with Crippen LogP contribution in [0, 0.1) is 11.6 Å². The molecule has 1 aliphatic rings. The van der Waals surface area contributed by atoms with Crippen LogP contribution in [0.1, 0.15) is 11.3 Å². The third-order valence-corrected chi connectivity index (χ3v) is 4.77. The molecule has 0 fully saturated rings. The molecule has 0 aliphatic carbocycles. The van der Waals surface area contributed by atoms with Crippen molar-refractivity contribution in [2.24, 2.45) is 0 Å². The number of rotatable bonds is 3. The van der Waals surface area contributed by atoms with Gasteiger partial charge in [-0.15, -0.1) is 0 Å². The first-order chi connectivity index (χ1) is 12.5. The van der Waals surface area contributed by atoms with Gasteiger partial charge in [-0.25, -0.2) is 8.78 Å². The number of amides is 1. The monoisotopic (exact) mass is 376 g/mol. The summed E-state index contributed by atoms with van der Waals surface area (Å²) in [5.41, 5.74) is 3.12. The number of nitrogens with one attached hydrogen (secondary N) is 1. The van der Waals surface area contributed by atoms with Crippen LogP contribution in [-0.2, 0) is 17.8 Å². The van der Waals surface area contributed by atoms with Crippen molar-refractivity contribution in [2.75, 3.05) is 13.2 Å². The topological polar surface area (TPSA) is 45.3 Å². The second-order valence-electron chi connectivity index (χ2n) is 6.20. The van der Waals surface area contributed by atoms with Gasteiger partial charge >= 0.3 is 0 Å². The van der Waals surface area contributed by atoms with Crippen LogP contribution in [0.5, 0.6) is 5.75 Å². The van der Waals surface area contributed by atoms with E-state index in [1.54, 1.807) is 4.90 Å². The van der Waals surface area contributed by atoms with E-state index < -0.39 is 11.6 Å². The minimum atomic E-state index is -0.829. The minimum absolute atomic E-state index is 0.142. The van der Waals surface area contributed by atoms with Crippen LogP contribution in [0.2, 0.25) is 5.02 Å². The first kappa shape index (κ1) is 16.8. The van der Waals surface area contributed by atoms with Gasteiger partial charge in [-0.1, -0.05) is 11.6 Å². The maximum Gasteiger partial charge on any atom is 0.260 e. The largest absolute Gasteiger partial charge is 0.481 e. The summed E-state index contributed by atoms with van der Waals surface area (Å²) >= 11 is 6.08. The fourth-order valence-corrected chi connectivity index (χ4v) is 3.39. The Morgan fingerprint density at radius 2 is 2.08 bits per heavy atom. The summed E-state index contributed by atoms with van der Waals surface area (Å²) in [6.45, 7) is 0.673. The Balaban J connectivity index is 1.48. The number of carbonyl (C=O) groups is 1. The highest BCUT2D eigenvalue weighted by molar-refractivity contribution is 6.31. The van der Waals surface area contributed by atoms with Gasteiger partial charge in [-0.2, -0.15) is 0 Å². The number of fused-ring (bicyclic) bond motifs is 3. The first-order valence-electron chi connectivity index (χ1n) is 8.16. The number of ether oxygens (including phenoxy) is 1. The number of halogens is 3. The number of nitrogens with zero attached hydrogens (tertiary/aromatic N) is 1. The normalized spacial score (nSPS) is 13.7. The highest BCUT2D eigenvalue weighted by atomic mass is 35.5. The highest BCUT2D eigenvalue weighted by Crippen LogP contribution is 2.30. The molecule has 7 heteroatoms. The molecular weight excluding hydrogens is 362 g/mol. The summed E-state index contributed by atoms with van der Waals surface area (Å²) in [6.07, 6.45) is 0.693. The van der Waals surface area contributed by atoms with Crippen LogP contribution >= 0.6 is 11.6 Å². The first-order valence-corrected chi connectivity index (χ1v) is 8.53.